The Labute approximate surface area is 117 Å². The Morgan fingerprint density at radius 1 is 1.11 bits per heavy atom. The smallest absolute Gasteiger partial charge is 0.255 e. The van der Waals surface area contributed by atoms with Crippen LogP contribution in [0.15, 0.2) is 48.5 Å². The van der Waals surface area contributed by atoms with Gasteiger partial charge in [-0.05, 0) is 30.3 Å². The number of nitrogens with one attached hydrogen (secondary N) is 1. The van der Waals surface area contributed by atoms with Crippen molar-refractivity contribution in [1.82, 2.24) is 0 Å². The third-order valence-corrected chi connectivity index (χ3v) is 2.96. The monoisotopic (exact) mass is 274 g/mol. The molecule has 0 unspecified atom stereocenters. The second-order valence-corrected chi connectivity index (χ2v) is 4.81. The van der Waals surface area contributed by atoms with Gasteiger partial charge in [-0.1, -0.05) is 29.8 Å². The summed E-state index contributed by atoms with van der Waals surface area (Å²) in [7, 11) is 3.84. The van der Waals surface area contributed by atoms with Gasteiger partial charge in [0.15, 0.2) is 0 Å². The maximum Gasteiger partial charge on any atom is 0.255 e. The van der Waals surface area contributed by atoms with Gasteiger partial charge in [0.2, 0.25) is 0 Å². The summed E-state index contributed by atoms with van der Waals surface area (Å²) < 4.78 is 0. The molecule has 0 aliphatic carbocycles. The number of amides is 1. The molecule has 19 heavy (non-hydrogen) atoms. The topological polar surface area (TPSA) is 32.3 Å². The summed E-state index contributed by atoms with van der Waals surface area (Å²) in [6.45, 7) is 0. The summed E-state index contributed by atoms with van der Waals surface area (Å²) in [6, 6.07) is 14.5. The van der Waals surface area contributed by atoms with Crippen molar-refractivity contribution in [3.05, 3.63) is 59.1 Å². The predicted octanol–water partition coefficient (Wildman–Crippen LogP) is 3.66. The molecule has 0 spiro atoms. The average molecular weight is 275 g/mol. The number of benzene rings is 2. The van der Waals surface area contributed by atoms with E-state index in [0.29, 0.717) is 16.3 Å². The normalized spacial score (nSPS) is 10.1. The molecule has 0 atom stereocenters. The first-order valence-corrected chi connectivity index (χ1v) is 6.29. The molecular weight excluding hydrogens is 260 g/mol. The maximum absolute atomic E-state index is 12.1. The van der Waals surface area contributed by atoms with E-state index in [1.807, 2.05) is 43.3 Å². The Morgan fingerprint density at radius 2 is 1.79 bits per heavy atom. The molecule has 4 heteroatoms. The van der Waals surface area contributed by atoms with E-state index in [0.717, 1.165) is 5.69 Å². The maximum atomic E-state index is 12.1. The first kappa shape index (κ1) is 13.4. The van der Waals surface area contributed by atoms with Gasteiger partial charge in [0.25, 0.3) is 5.91 Å². The van der Waals surface area contributed by atoms with Gasteiger partial charge < -0.3 is 10.2 Å². The van der Waals surface area contributed by atoms with Gasteiger partial charge in [0, 0.05) is 24.7 Å². The van der Waals surface area contributed by atoms with E-state index in [4.69, 9.17) is 11.6 Å². The van der Waals surface area contributed by atoms with E-state index < -0.39 is 0 Å². The minimum absolute atomic E-state index is 0.147. The van der Waals surface area contributed by atoms with E-state index in [9.17, 15) is 4.79 Å². The Hall–Kier alpha value is -2.00. The molecule has 0 saturated carbocycles. The van der Waals surface area contributed by atoms with Crippen LogP contribution < -0.4 is 10.2 Å². The van der Waals surface area contributed by atoms with Crippen LogP contribution >= 0.6 is 11.6 Å². The predicted molar refractivity (Wildman–Crippen MR) is 80.2 cm³/mol. The van der Waals surface area contributed by atoms with Crippen LogP contribution in [-0.2, 0) is 0 Å². The Balaban J connectivity index is 2.28. The van der Waals surface area contributed by atoms with Crippen LogP contribution in [0.3, 0.4) is 0 Å². The van der Waals surface area contributed by atoms with Gasteiger partial charge in [0.1, 0.15) is 0 Å². The highest BCUT2D eigenvalue weighted by Crippen LogP contribution is 2.28. The highest BCUT2D eigenvalue weighted by molar-refractivity contribution is 6.31. The molecule has 0 fully saturated rings. The van der Waals surface area contributed by atoms with Gasteiger partial charge in [-0.25, -0.2) is 0 Å². The van der Waals surface area contributed by atoms with Crippen molar-refractivity contribution in [2.45, 2.75) is 0 Å². The van der Waals surface area contributed by atoms with Gasteiger partial charge in [0.05, 0.1) is 11.4 Å². The van der Waals surface area contributed by atoms with Gasteiger partial charge >= 0.3 is 0 Å². The minimum Gasteiger partial charge on any atom is -0.376 e. The number of hydrogen-bond acceptors (Lipinski definition) is 2. The molecule has 0 bridgehead atoms. The van der Waals surface area contributed by atoms with Crippen molar-refractivity contribution in [1.29, 1.82) is 0 Å². The van der Waals surface area contributed by atoms with Gasteiger partial charge in [-0.3, -0.25) is 4.79 Å². The molecule has 2 rings (SSSR count). The molecule has 98 valence electrons. The fraction of sp³-hybridized carbons (Fsp3) is 0.133. The molecule has 1 amide bonds. The van der Waals surface area contributed by atoms with Crippen molar-refractivity contribution < 1.29 is 4.79 Å². The van der Waals surface area contributed by atoms with Crippen molar-refractivity contribution in [2.24, 2.45) is 0 Å². The molecule has 2 aromatic carbocycles. The molecule has 1 N–H and O–H groups in total. The zero-order chi connectivity index (χ0) is 13.8. The lowest BCUT2D eigenvalue weighted by Gasteiger charge is -2.18. The first-order chi connectivity index (χ1) is 9.08. The number of halogens is 1. The fourth-order valence-corrected chi connectivity index (χ4v) is 1.95. The second-order valence-electron chi connectivity index (χ2n) is 4.38. The molecule has 3 nitrogen and oxygen atoms in total. The Bertz CT molecular complexity index is 582. The summed E-state index contributed by atoms with van der Waals surface area (Å²) in [5.41, 5.74) is 2.23. The third kappa shape index (κ3) is 3.26. The van der Waals surface area contributed by atoms with Crippen LogP contribution in [0, 0.1) is 0 Å². The van der Waals surface area contributed by atoms with Gasteiger partial charge in [-0.15, -0.1) is 0 Å². The summed E-state index contributed by atoms with van der Waals surface area (Å²) in [5, 5.41) is 3.48. The number of nitrogens with zero attached hydrogens (tertiary/aromatic N) is 1. The molecule has 2 aromatic rings. The highest BCUT2D eigenvalue weighted by atomic mass is 35.5. The number of anilines is 2. The number of carbonyl (C=O) groups excluding carboxylic acids is 1. The van der Waals surface area contributed by atoms with Crippen molar-refractivity contribution >= 4 is 28.9 Å². The zero-order valence-corrected chi connectivity index (χ0v) is 11.6. The minimum atomic E-state index is -0.147. The molecule has 0 heterocycles. The average Bonchev–Trinajstić information content (AvgIpc) is 2.39. The highest BCUT2D eigenvalue weighted by Gasteiger charge is 2.10. The van der Waals surface area contributed by atoms with Crippen LogP contribution in [0.25, 0.3) is 0 Å². The van der Waals surface area contributed by atoms with Crippen molar-refractivity contribution in [3.8, 4) is 0 Å². The summed E-state index contributed by atoms with van der Waals surface area (Å²) in [5.74, 6) is -0.147. The van der Waals surface area contributed by atoms with Crippen LogP contribution in [0.2, 0.25) is 5.02 Å². The van der Waals surface area contributed by atoms with Crippen LogP contribution in [-0.4, -0.2) is 20.0 Å². The number of rotatable bonds is 3. The second kappa shape index (κ2) is 5.76. The summed E-state index contributed by atoms with van der Waals surface area (Å²) >= 11 is 5.98. The van der Waals surface area contributed by atoms with Gasteiger partial charge in [-0.2, -0.15) is 0 Å². The van der Waals surface area contributed by atoms with Crippen LogP contribution in [0.4, 0.5) is 11.4 Å². The van der Waals surface area contributed by atoms with E-state index in [2.05, 4.69) is 5.32 Å². The summed E-state index contributed by atoms with van der Waals surface area (Å²) in [4.78, 5) is 14.1. The molecule has 0 aromatic heterocycles. The quantitative estimate of drug-likeness (QED) is 0.926. The van der Waals surface area contributed by atoms with Crippen molar-refractivity contribution in [3.63, 3.8) is 0 Å². The summed E-state index contributed by atoms with van der Waals surface area (Å²) in [6.07, 6.45) is 0. The number of carbonyl (C=O) groups is 1. The number of hydrogen-bond donors (Lipinski definition) is 1. The Kier molecular flexibility index (Phi) is 4.07. The van der Waals surface area contributed by atoms with E-state index in [-0.39, 0.29) is 5.91 Å². The molecule has 0 radical (unpaired) electrons. The lowest BCUT2D eigenvalue weighted by atomic mass is 10.2. The van der Waals surface area contributed by atoms with Crippen LogP contribution in [0.5, 0.6) is 0 Å². The largest absolute Gasteiger partial charge is 0.376 e. The zero-order valence-electron chi connectivity index (χ0n) is 10.9. The van der Waals surface area contributed by atoms with Crippen molar-refractivity contribution in [2.75, 3.05) is 24.3 Å². The molecular formula is C15H15ClN2O. The fourth-order valence-electron chi connectivity index (χ4n) is 1.78. The lowest BCUT2D eigenvalue weighted by Crippen LogP contribution is -2.16. The SMILES string of the molecule is CN(C)c1ccc(Cl)cc1NC(=O)c1ccccc1. The lowest BCUT2D eigenvalue weighted by molar-refractivity contribution is 0.102. The molecule has 0 aliphatic rings. The van der Waals surface area contributed by atoms with E-state index >= 15 is 0 Å². The third-order valence-electron chi connectivity index (χ3n) is 2.72. The first-order valence-electron chi connectivity index (χ1n) is 5.91. The molecule has 0 aliphatic heterocycles. The van der Waals surface area contributed by atoms with E-state index in [1.54, 1.807) is 24.3 Å². The van der Waals surface area contributed by atoms with Crippen LogP contribution in [0.1, 0.15) is 10.4 Å². The Morgan fingerprint density at radius 3 is 2.42 bits per heavy atom. The molecule has 0 saturated heterocycles. The van der Waals surface area contributed by atoms with E-state index in [1.165, 1.54) is 0 Å². The standard InChI is InChI=1S/C15H15ClN2O/c1-18(2)14-9-8-12(16)10-13(14)17-15(19)11-6-4-3-5-7-11/h3-10H,1-2H3,(H,17,19).